The number of aromatic nitrogens is 4. The first-order chi connectivity index (χ1) is 12.4. The van der Waals surface area contributed by atoms with Gasteiger partial charge in [0.05, 0.1) is 4.90 Å². The maximum atomic E-state index is 11.6. The Morgan fingerprint density at radius 1 is 1.23 bits per heavy atom. The summed E-state index contributed by atoms with van der Waals surface area (Å²) >= 11 is 0. The van der Waals surface area contributed by atoms with Gasteiger partial charge in [0.2, 0.25) is 0 Å². The lowest BCUT2D eigenvalue weighted by Gasteiger charge is -2.08. The van der Waals surface area contributed by atoms with Gasteiger partial charge < -0.3 is 5.32 Å². The molecule has 2 aromatic heterocycles. The number of aromatic amines is 1. The number of hydrogen-bond donors (Lipinski definition) is 2. The van der Waals surface area contributed by atoms with Crippen molar-refractivity contribution in [2.75, 3.05) is 11.6 Å². The summed E-state index contributed by atoms with van der Waals surface area (Å²) < 4.78 is 23.2. The Bertz CT molecular complexity index is 1060. The van der Waals surface area contributed by atoms with E-state index in [0.29, 0.717) is 17.6 Å². The van der Waals surface area contributed by atoms with Crippen molar-refractivity contribution < 1.29 is 9.84 Å². The predicted molar refractivity (Wildman–Crippen MR) is 101 cm³/mol. The van der Waals surface area contributed by atoms with Gasteiger partial charge in [-0.05, 0) is 44.0 Å². The number of rotatable bonds is 5. The van der Waals surface area contributed by atoms with Gasteiger partial charge in [-0.15, -0.1) is 0 Å². The highest BCUT2D eigenvalue weighted by Gasteiger charge is 2.25. The van der Waals surface area contributed by atoms with Gasteiger partial charge in [-0.25, -0.2) is 18.4 Å². The van der Waals surface area contributed by atoms with Crippen molar-refractivity contribution in [3.05, 3.63) is 47.8 Å². The van der Waals surface area contributed by atoms with Crippen molar-refractivity contribution in [1.82, 2.24) is 20.2 Å². The quantitative estimate of drug-likeness (QED) is 0.712. The van der Waals surface area contributed by atoms with Crippen LogP contribution in [0.15, 0.2) is 41.4 Å². The Morgan fingerprint density at radius 3 is 2.62 bits per heavy atom. The van der Waals surface area contributed by atoms with Crippen LogP contribution in [0.25, 0.3) is 11.4 Å². The molecule has 1 saturated carbocycles. The topological polar surface area (TPSA) is 101 Å². The number of sulfone groups is 1. The maximum Gasteiger partial charge on any atom is 0.175 e. The molecule has 3 aromatic rings. The molecule has 1 fully saturated rings. The van der Waals surface area contributed by atoms with E-state index in [1.165, 1.54) is 19.1 Å². The van der Waals surface area contributed by atoms with E-state index in [1.807, 2.05) is 13.0 Å². The molecule has 0 atom stereocenters. The van der Waals surface area contributed by atoms with Gasteiger partial charge in [-0.3, -0.25) is 5.10 Å². The molecule has 0 amide bonds. The molecule has 2 N–H and O–H groups in total. The van der Waals surface area contributed by atoms with E-state index in [0.717, 1.165) is 22.6 Å². The minimum atomic E-state index is -3.22. The lowest BCUT2D eigenvalue weighted by atomic mass is 10.2. The molecule has 0 bridgehead atoms. The number of hydrogen-bond acceptors (Lipinski definition) is 6. The van der Waals surface area contributed by atoms with Crippen LogP contribution in [0.4, 0.5) is 11.6 Å². The Hall–Kier alpha value is -2.74. The molecular weight excluding hydrogens is 350 g/mol. The van der Waals surface area contributed by atoms with Gasteiger partial charge in [-0.1, -0.05) is 0 Å². The highest BCUT2D eigenvalue weighted by molar-refractivity contribution is 7.90. The van der Waals surface area contributed by atoms with E-state index in [4.69, 9.17) is 0 Å². The maximum absolute atomic E-state index is 11.6. The number of benzene rings is 1. The summed E-state index contributed by atoms with van der Waals surface area (Å²) in [5.74, 6) is 2.53. The van der Waals surface area contributed by atoms with Crippen LogP contribution < -0.4 is 5.32 Å². The fourth-order valence-corrected chi connectivity index (χ4v) is 3.31. The van der Waals surface area contributed by atoms with E-state index in [1.54, 1.807) is 30.5 Å². The highest BCUT2D eigenvalue weighted by Crippen LogP contribution is 2.39. The van der Waals surface area contributed by atoms with E-state index < -0.39 is 9.84 Å². The lowest BCUT2D eigenvalue weighted by Crippen LogP contribution is -2.01. The molecule has 7 nitrogen and oxygen atoms in total. The largest absolute Gasteiger partial charge is 0.323 e. The van der Waals surface area contributed by atoms with Crippen LogP contribution in [0, 0.1) is 6.92 Å². The summed E-state index contributed by atoms with van der Waals surface area (Å²) in [6.45, 7) is 1.92. The summed E-state index contributed by atoms with van der Waals surface area (Å²) in [6, 6.07) is 8.57. The molecule has 0 aliphatic heterocycles. The van der Waals surface area contributed by atoms with Crippen LogP contribution >= 0.6 is 0 Å². The number of nitrogens with zero attached hydrogens (tertiary/aromatic N) is 3. The Balaban J connectivity index is 0.00000210. The molecule has 0 unspecified atom stereocenters. The van der Waals surface area contributed by atoms with Crippen molar-refractivity contribution >= 4 is 21.5 Å². The molecule has 0 saturated heterocycles. The average Bonchev–Trinajstić information content (AvgIpc) is 3.36. The van der Waals surface area contributed by atoms with Crippen LogP contribution in [0.3, 0.4) is 0 Å². The summed E-state index contributed by atoms with van der Waals surface area (Å²) in [7, 11) is -3.22. The fourth-order valence-electron chi connectivity index (χ4n) is 2.68. The highest BCUT2D eigenvalue weighted by atomic mass is 32.2. The van der Waals surface area contributed by atoms with Crippen LogP contribution in [0.2, 0.25) is 0 Å². The zero-order valence-corrected chi connectivity index (χ0v) is 15.3. The van der Waals surface area contributed by atoms with Crippen LogP contribution in [-0.2, 0) is 9.84 Å². The number of aryl methyl sites for hydroxylation is 1. The second kappa shape index (κ2) is 6.21. The van der Waals surface area contributed by atoms with Gasteiger partial charge in [0.1, 0.15) is 5.82 Å². The second-order valence-corrected chi connectivity index (χ2v) is 8.65. The van der Waals surface area contributed by atoms with E-state index in [-0.39, 0.29) is 6.32 Å². The minimum absolute atomic E-state index is 0. The van der Waals surface area contributed by atoms with Gasteiger partial charge in [0.15, 0.2) is 21.5 Å². The summed E-state index contributed by atoms with van der Waals surface area (Å²) in [6.07, 6.45) is 5.35. The van der Waals surface area contributed by atoms with Crippen LogP contribution in [0.1, 0.15) is 31.4 Å². The smallest absolute Gasteiger partial charge is 0.175 e. The van der Waals surface area contributed by atoms with E-state index in [9.17, 15) is 8.42 Å². The Morgan fingerprint density at radius 2 is 1.96 bits per heavy atom. The third-order valence-electron chi connectivity index (χ3n) is 4.37. The Labute approximate surface area is 153 Å². The predicted octanol–water partition coefficient (Wildman–Crippen LogP) is 3.45. The van der Waals surface area contributed by atoms with Crippen LogP contribution in [-0.4, -0.2) is 34.8 Å². The normalized spacial score (nSPS) is 14.4. The molecule has 1 aliphatic rings. The number of anilines is 2. The van der Waals surface area contributed by atoms with Crippen LogP contribution in [0.5, 0.6) is 0 Å². The van der Waals surface area contributed by atoms with Crippen molar-refractivity contribution in [3.63, 3.8) is 0 Å². The summed E-state index contributed by atoms with van der Waals surface area (Å²) in [5, 5.41) is 10.6. The average molecular weight is 371 g/mol. The monoisotopic (exact) mass is 371 g/mol. The van der Waals surface area contributed by atoms with E-state index >= 15 is 0 Å². The third-order valence-corrected chi connectivity index (χ3v) is 5.50. The number of H-pyrrole nitrogens is 1. The number of nitrogens with one attached hydrogen (secondary N) is 2. The molecule has 4 rings (SSSR count). The Kier molecular flexibility index (Phi) is 3.99. The van der Waals surface area contributed by atoms with Crippen molar-refractivity contribution in [3.8, 4) is 11.4 Å². The van der Waals surface area contributed by atoms with Gasteiger partial charge in [-0.2, -0.15) is 5.10 Å². The molecule has 26 heavy (non-hydrogen) atoms. The zero-order valence-electron chi connectivity index (χ0n) is 14.5. The van der Waals surface area contributed by atoms with Gasteiger partial charge in [0.25, 0.3) is 0 Å². The van der Waals surface area contributed by atoms with Crippen molar-refractivity contribution in [2.45, 2.75) is 30.6 Å². The first-order valence-electron chi connectivity index (χ1n) is 8.36. The SMILES string of the molecule is Cc1cnc(-c2ccc(S(C)(=O)=O)cc2)nc1Nc1cc(C2CC2)[nH]n1.[HH]. The standard InChI is InChI=1S/C18H19N5O2S.H2/c1-11-10-19-18(13-5-7-14(8-6-13)26(2,24)25)21-17(11)20-16-9-15(22-23-16)12-3-4-12;/h5-10,12H,3-4H2,1-2H3,(H2,19,20,21,22,23);1H. The summed E-state index contributed by atoms with van der Waals surface area (Å²) in [4.78, 5) is 9.21. The first kappa shape index (κ1) is 16.7. The molecule has 1 aliphatic carbocycles. The molecular formula is C18H21N5O2S. The molecule has 136 valence electrons. The van der Waals surface area contributed by atoms with Crippen molar-refractivity contribution in [1.29, 1.82) is 0 Å². The fraction of sp³-hybridized carbons (Fsp3) is 0.278. The van der Waals surface area contributed by atoms with E-state index in [2.05, 4.69) is 25.5 Å². The minimum Gasteiger partial charge on any atom is -0.323 e. The second-order valence-electron chi connectivity index (χ2n) is 6.63. The third kappa shape index (κ3) is 3.45. The first-order valence-corrected chi connectivity index (χ1v) is 10.3. The molecule has 8 heteroatoms. The lowest BCUT2D eigenvalue weighted by molar-refractivity contribution is 0.602. The van der Waals surface area contributed by atoms with Gasteiger partial charge >= 0.3 is 0 Å². The zero-order chi connectivity index (χ0) is 18.3. The summed E-state index contributed by atoms with van der Waals surface area (Å²) in [5.41, 5.74) is 2.80. The molecule has 0 spiro atoms. The molecule has 1 aromatic carbocycles. The van der Waals surface area contributed by atoms with Crippen molar-refractivity contribution in [2.24, 2.45) is 0 Å². The molecule has 2 heterocycles. The van der Waals surface area contributed by atoms with Gasteiger partial charge in [0, 0.05) is 42.7 Å². The molecule has 0 radical (unpaired) electrons.